The Labute approximate surface area is 166 Å². The van der Waals surface area contributed by atoms with Gasteiger partial charge in [-0.2, -0.15) is 0 Å². The van der Waals surface area contributed by atoms with Crippen molar-refractivity contribution in [2.75, 3.05) is 0 Å². The number of ketones is 1. The van der Waals surface area contributed by atoms with Gasteiger partial charge in [0.25, 0.3) is 0 Å². The lowest BCUT2D eigenvalue weighted by Crippen LogP contribution is -2.56. The third kappa shape index (κ3) is 2.15. The average Bonchev–Trinajstić information content (AvgIpc) is 3.08. The van der Waals surface area contributed by atoms with Crippen LogP contribution in [0, 0.1) is 12.3 Å². The predicted molar refractivity (Wildman–Crippen MR) is 109 cm³/mol. The molecule has 0 amide bonds. The fourth-order valence-electron chi connectivity index (χ4n) is 4.96. The number of hydrogen-bond acceptors (Lipinski definition) is 3. The maximum Gasteiger partial charge on any atom is 0.180 e. The van der Waals surface area contributed by atoms with Crippen LogP contribution in [-0.2, 0) is 26.3 Å². The zero-order chi connectivity index (χ0) is 19.7. The molecule has 1 spiro atoms. The van der Waals surface area contributed by atoms with E-state index >= 15 is 0 Å². The number of fused-ring (bicyclic) bond motifs is 5. The molecule has 2 bridgehead atoms. The maximum absolute atomic E-state index is 13.4. The van der Waals surface area contributed by atoms with Crippen LogP contribution < -0.4 is 0 Å². The van der Waals surface area contributed by atoms with Crippen molar-refractivity contribution >= 4 is 11.9 Å². The van der Waals surface area contributed by atoms with Crippen LogP contribution in [-0.4, -0.2) is 17.7 Å². The number of carbonyl (C=O) groups excluding carboxylic acids is 1. The predicted octanol–water partition coefficient (Wildman–Crippen LogP) is 4.96. The summed E-state index contributed by atoms with van der Waals surface area (Å²) < 4.78 is 13.1. The van der Waals surface area contributed by atoms with Gasteiger partial charge in [0.15, 0.2) is 23.3 Å². The first-order valence-corrected chi connectivity index (χ1v) is 10.1. The van der Waals surface area contributed by atoms with Crippen LogP contribution in [0.25, 0.3) is 6.08 Å². The molecule has 144 valence electrons. The minimum absolute atomic E-state index is 0.132. The molecule has 28 heavy (non-hydrogen) atoms. The molecule has 3 heteroatoms. The Morgan fingerprint density at radius 3 is 2.39 bits per heavy atom. The van der Waals surface area contributed by atoms with Gasteiger partial charge >= 0.3 is 0 Å². The van der Waals surface area contributed by atoms with E-state index in [0.717, 1.165) is 29.5 Å². The van der Waals surface area contributed by atoms with Crippen LogP contribution in [0.15, 0.2) is 54.1 Å². The van der Waals surface area contributed by atoms with E-state index in [9.17, 15) is 4.79 Å². The quantitative estimate of drug-likeness (QED) is 0.708. The lowest BCUT2D eigenvalue weighted by Gasteiger charge is -2.47. The summed E-state index contributed by atoms with van der Waals surface area (Å²) in [6, 6.07) is 16.8. The van der Waals surface area contributed by atoms with Gasteiger partial charge in [0.05, 0.1) is 5.41 Å². The molecular weight excluding hydrogens is 348 g/mol. The normalized spacial score (nSPS) is 34.2. The Morgan fingerprint density at radius 2 is 1.71 bits per heavy atom. The van der Waals surface area contributed by atoms with Crippen molar-refractivity contribution in [2.45, 2.75) is 58.0 Å². The standard InChI is InChI=1S/C25H26O3/c1-16-9-11-17(12-10-16)15-19-14-13-18-7-5-6-8-20(18)25(19)22-21(26)23(2,3)24(4,27-22)28-25/h5-12,15,22H,13-14H2,1-4H3/b19-15+/t22-,24-,25-/m0/s1. The second kappa shape index (κ2) is 5.65. The summed E-state index contributed by atoms with van der Waals surface area (Å²) in [7, 11) is 0. The first-order chi connectivity index (χ1) is 13.3. The molecule has 3 nitrogen and oxygen atoms in total. The van der Waals surface area contributed by atoms with Gasteiger partial charge in [-0.05, 0) is 62.8 Å². The molecule has 1 aliphatic carbocycles. The first kappa shape index (κ1) is 17.8. The molecule has 0 saturated carbocycles. The molecule has 5 rings (SSSR count). The van der Waals surface area contributed by atoms with Crippen molar-refractivity contribution in [3.63, 3.8) is 0 Å². The van der Waals surface area contributed by atoms with Crippen molar-refractivity contribution in [1.29, 1.82) is 0 Å². The van der Waals surface area contributed by atoms with Crippen LogP contribution in [0.4, 0.5) is 0 Å². The molecule has 0 radical (unpaired) electrons. The van der Waals surface area contributed by atoms with E-state index in [2.05, 4.69) is 55.5 Å². The van der Waals surface area contributed by atoms with Crippen molar-refractivity contribution in [3.8, 4) is 0 Å². The summed E-state index contributed by atoms with van der Waals surface area (Å²) in [4.78, 5) is 13.4. The monoisotopic (exact) mass is 374 g/mol. The number of benzene rings is 2. The van der Waals surface area contributed by atoms with Gasteiger partial charge in [-0.15, -0.1) is 0 Å². The molecule has 2 aliphatic heterocycles. The van der Waals surface area contributed by atoms with E-state index in [1.165, 1.54) is 11.1 Å². The number of hydrogen-bond donors (Lipinski definition) is 0. The number of aryl methyl sites for hydroxylation is 2. The van der Waals surface area contributed by atoms with Gasteiger partial charge in [-0.3, -0.25) is 4.79 Å². The summed E-state index contributed by atoms with van der Waals surface area (Å²) in [6.07, 6.45) is 3.39. The lowest BCUT2D eigenvalue weighted by molar-refractivity contribution is -0.218. The smallest absolute Gasteiger partial charge is 0.180 e. The van der Waals surface area contributed by atoms with Crippen LogP contribution in [0.1, 0.15) is 49.4 Å². The van der Waals surface area contributed by atoms with Crippen molar-refractivity contribution in [1.82, 2.24) is 0 Å². The second-order valence-electron chi connectivity index (χ2n) is 9.01. The van der Waals surface area contributed by atoms with Gasteiger partial charge in [-0.25, -0.2) is 0 Å². The molecule has 2 aromatic carbocycles. The van der Waals surface area contributed by atoms with Gasteiger partial charge in [0, 0.05) is 0 Å². The highest BCUT2D eigenvalue weighted by atomic mass is 16.8. The number of ether oxygens (including phenoxy) is 2. The molecule has 0 N–H and O–H groups in total. The van der Waals surface area contributed by atoms with Crippen LogP contribution in [0.3, 0.4) is 0 Å². The van der Waals surface area contributed by atoms with E-state index in [1.807, 2.05) is 26.8 Å². The number of Topliss-reactive ketones (excluding diaryl/α,β-unsaturated/α-hetero) is 1. The highest BCUT2D eigenvalue weighted by Crippen LogP contribution is 2.63. The van der Waals surface area contributed by atoms with Crippen molar-refractivity contribution < 1.29 is 14.3 Å². The summed E-state index contributed by atoms with van der Waals surface area (Å²) in [6.45, 7) is 7.87. The Hall–Kier alpha value is -2.23. The fraction of sp³-hybridized carbons (Fsp3) is 0.400. The summed E-state index contributed by atoms with van der Waals surface area (Å²) >= 11 is 0. The summed E-state index contributed by atoms with van der Waals surface area (Å²) in [5.41, 5.74) is 4.32. The van der Waals surface area contributed by atoms with Gasteiger partial charge in [-0.1, -0.05) is 60.2 Å². The van der Waals surface area contributed by atoms with Crippen LogP contribution in [0.5, 0.6) is 0 Å². The molecule has 0 aromatic heterocycles. The minimum Gasteiger partial charge on any atom is -0.334 e. The molecule has 2 aromatic rings. The minimum atomic E-state index is -0.925. The van der Waals surface area contributed by atoms with Gasteiger partial charge in [0.2, 0.25) is 0 Å². The highest BCUT2D eigenvalue weighted by Gasteiger charge is 2.74. The zero-order valence-corrected chi connectivity index (χ0v) is 16.9. The van der Waals surface area contributed by atoms with Crippen molar-refractivity contribution in [2.24, 2.45) is 5.41 Å². The van der Waals surface area contributed by atoms with Gasteiger partial charge in [0.1, 0.15) is 0 Å². The second-order valence-corrected chi connectivity index (χ2v) is 9.01. The molecular formula is C25H26O3. The van der Waals surface area contributed by atoms with E-state index in [1.54, 1.807) is 0 Å². The van der Waals surface area contributed by atoms with E-state index in [0.29, 0.717) is 0 Å². The SMILES string of the molecule is Cc1ccc(/C=C2\CCc3ccccc3[C@@]23O[C@]2(C)O[C@H]3C(=O)C2(C)C)cc1. The molecule has 2 saturated heterocycles. The lowest BCUT2D eigenvalue weighted by atomic mass is 9.66. The Bertz CT molecular complexity index is 1000. The Kier molecular flexibility index (Phi) is 3.60. The Balaban J connectivity index is 1.72. The fourth-order valence-corrected chi connectivity index (χ4v) is 4.96. The maximum atomic E-state index is 13.4. The number of rotatable bonds is 1. The number of carbonyl (C=O) groups is 1. The topological polar surface area (TPSA) is 35.5 Å². The van der Waals surface area contributed by atoms with E-state index in [-0.39, 0.29) is 5.78 Å². The largest absolute Gasteiger partial charge is 0.334 e. The highest BCUT2D eigenvalue weighted by molar-refractivity contribution is 5.94. The molecule has 0 unspecified atom stereocenters. The molecule has 2 fully saturated rings. The van der Waals surface area contributed by atoms with Crippen LogP contribution >= 0.6 is 0 Å². The van der Waals surface area contributed by atoms with E-state index < -0.39 is 22.9 Å². The third-order valence-corrected chi connectivity index (χ3v) is 7.03. The average molecular weight is 374 g/mol. The summed E-state index contributed by atoms with van der Waals surface area (Å²) in [5, 5.41) is 0. The van der Waals surface area contributed by atoms with E-state index in [4.69, 9.17) is 9.47 Å². The molecule has 3 aliphatic rings. The Morgan fingerprint density at radius 1 is 1.00 bits per heavy atom. The van der Waals surface area contributed by atoms with Gasteiger partial charge < -0.3 is 9.47 Å². The van der Waals surface area contributed by atoms with Crippen molar-refractivity contribution in [3.05, 3.63) is 76.4 Å². The zero-order valence-electron chi connectivity index (χ0n) is 16.9. The summed E-state index contributed by atoms with van der Waals surface area (Å²) in [5.74, 6) is -0.793. The van der Waals surface area contributed by atoms with Crippen LogP contribution in [0.2, 0.25) is 0 Å². The molecule has 2 heterocycles. The molecule has 3 atom stereocenters. The first-order valence-electron chi connectivity index (χ1n) is 10.1. The third-order valence-electron chi connectivity index (χ3n) is 7.03.